The van der Waals surface area contributed by atoms with E-state index in [-0.39, 0.29) is 12.0 Å². The maximum absolute atomic E-state index is 10.8. The van der Waals surface area contributed by atoms with Gasteiger partial charge >= 0.3 is 6.09 Å². The van der Waals surface area contributed by atoms with Crippen LogP contribution in [0.2, 0.25) is 0 Å². The van der Waals surface area contributed by atoms with E-state index >= 15 is 0 Å². The lowest BCUT2D eigenvalue weighted by Crippen LogP contribution is -2.62. The number of hydrogen-bond donors (Lipinski definition) is 2. The molecule has 0 unspecified atom stereocenters. The molecule has 0 saturated carbocycles. The Morgan fingerprint density at radius 2 is 1.52 bits per heavy atom. The summed E-state index contributed by atoms with van der Waals surface area (Å²) in [6, 6.07) is 0. The summed E-state index contributed by atoms with van der Waals surface area (Å²) in [5.41, 5.74) is -0.378. The Morgan fingerprint density at radius 1 is 0.931 bits per heavy atom. The molecule has 2 N–H and O–H groups in total. The number of carboxylic acid groups (broad SMARTS) is 1. The van der Waals surface area contributed by atoms with Gasteiger partial charge in [0.05, 0.1) is 18.6 Å². The van der Waals surface area contributed by atoms with Crippen LogP contribution in [0.4, 0.5) is 4.79 Å². The van der Waals surface area contributed by atoms with Gasteiger partial charge in [0.25, 0.3) is 0 Å². The van der Waals surface area contributed by atoms with E-state index in [0.29, 0.717) is 26.3 Å². The van der Waals surface area contributed by atoms with Crippen molar-refractivity contribution in [3.8, 4) is 0 Å². The molecule has 1 saturated heterocycles. The number of allylic oxidation sites excluding steroid dienone is 4. The van der Waals surface area contributed by atoms with Gasteiger partial charge in [-0.1, -0.05) is 69.8 Å². The number of amides is 1. The van der Waals surface area contributed by atoms with Crippen molar-refractivity contribution < 1.29 is 19.7 Å². The molecule has 5 heteroatoms. The quantitative estimate of drug-likeness (QED) is 0.222. The molecule has 0 spiro atoms. The summed E-state index contributed by atoms with van der Waals surface area (Å²) in [4.78, 5) is 12.1. The molecule has 0 radical (unpaired) electrons. The smallest absolute Gasteiger partial charge is 0.407 e. The molecule has 1 aliphatic heterocycles. The van der Waals surface area contributed by atoms with Crippen molar-refractivity contribution >= 4 is 6.09 Å². The highest BCUT2D eigenvalue weighted by molar-refractivity contribution is 5.66. The van der Waals surface area contributed by atoms with Crippen LogP contribution in [0.3, 0.4) is 0 Å². The average molecular weight is 410 g/mol. The van der Waals surface area contributed by atoms with Gasteiger partial charge < -0.3 is 19.8 Å². The van der Waals surface area contributed by atoms with E-state index in [0.717, 1.165) is 12.8 Å². The van der Waals surface area contributed by atoms with Crippen molar-refractivity contribution in [3.63, 3.8) is 0 Å². The molecular formula is C24H43NO4. The number of unbranched alkanes of at least 4 members (excludes halogenated alkanes) is 9. The summed E-state index contributed by atoms with van der Waals surface area (Å²) < 4.78 is 5.68. The Balaban J connectivity index is 1.83. The predicted octanol–water partition coefficient (Wildman–Crippen LogP) is 5.79. The average Bonchev–Trinajstić information content (AvgIpc) is 2.68. The van der Waals surface area contributed by atoms with Crippen LogP contribution in [0.15, 0.2) is 24.3 Å². The zero-order chi connectivity index (χ0) is 21.2. The van der Waals surface area contributed by atoms with Crippen molar-refractivity contribution in [2.75, 3.05) is 32.9 Å². The van der Waals surface area contributed by atoms with Crippen molar-refractivity contribution in [1.29, 1.82) is 0 Å². The Hall–Kier alpha value is -1.33. The number of aliphatic hydroxyl groups excluding tert-OH is 1. The van der Waals surface area contributed by atoms with E-state index in [4.69, 9.17) is 9.84 Å². The van der Waals surface area contributed by atoms with Crippen molar-refractivity contribution in [3.05, 3.63) is 24.3 Å². The van der Waals surface area contributed by atoms with Crippen LogP contribution >= 0.6 is 0 Å². The van der Waals surface area contributed by atoms with Gasteiger partial charge in [-0.25, -0.2) is 4.79 Å². The zero-order valence-corrected chi connectivity index (χ0v) is 18.5. The number of hydrogen-bond acceptors (Lipinski definition) is 3. The lowest BCUT2D eigenvalue weighted by atomic mass is 9.82. The second-order valence-corrected chi connectivity index (χ2v) is 8.43. The Morgan fingerprint density at radius 3 is 2.10 bits per heavy atom. The summed E-state index contributed by atoms with van der Waals surface area (Å²) in [7, 11) is 0. The molecule has 168 valence electrons. The third-order valence-electron chi connectivity index (χ3n) is 5.56. The van der Waals surface area contributed by atoms with Crippen molar-refractivity contribution in [1.82, 2.24) is 4.90 Å². The summed E-state index contributed by atoms with van der Waals surface area (Å²) >= 11 is 0. The molecule has 0 aromatic carbocycles. The molecule has 1 rings (SSSR count). The van der Waals surface area contributed by atoms with E-state index in [1.54, 1.807) is 0 Å². The number of aliphatic hydroxyl groups is 1. The maximum Gasteiger partial charge on any atom is 0.407 e. The molecule has 1 amide bonds. The van der Waals surface area contributed by atoms with E-state index in [1.165, 1.54) is 69.1 Å². The molecule has 0 aliphatic carbocycles. The summed E-state index contributed by atoms with van der Waals surface area (Å²) in [5, 5.41) is 18.4. The Kier molecular flexibility index (Phi) is 14.6. The van der Waals surface area contributed by atoms with E-state index in [1.807, 2.05) is 0 Å². The van der Waals surface area contributed by atoms with Gasteiger partial charge in [0, 0.05) is 19.7 Å². The molecule has 0 atom stereocenters. The van der Waals surface area contributed by atoms with Gasteiger partial charge in [0.15, 0.2) is 0 Å². The molecule has 1 aliphatic rings. The molecule has 1 heterocycles. The first-order valence-corrected chi connectivity index (χ1v) is 11.6. The summed E-state index contributed by atoms with van der Waals surface area (Å²) in [5.74, 6) is 0. The highest BCUT2D eigenvalue weighted by atomic mass is 16.5. The van der Waals surface area contributed by atoms with Crippen LogP contribution < -0.4 is 0 Å². The Labute approximate surface area is 177 Å². The third-order valence-corrected chi connectivity index (χ3v) is 5.56. The zero-order valence-electron chi connectivity index (χ0n) is 18.5. The minimum atomic E-state index is -0.917. The monoisotopic (exact) mass is 409 g/mol. The van der Waals surface area contributed by atoms with E-state index in [9.17, 15) is 9.90 Å². The Bertz CT molecular complexity index is 470. The fourth-order valence-electron chi connectivity index (χ4n) is 3.62. The van der Waals surface area contributed by atoms with Crippen LogP contribution in [0.1, 0.15) is 84.0 Å². The lowest BCUT2D eigenvalue weighted by Gasteiger charge is -2.47. The first kappa shape index (κ1) is 25.7. The minimum absolute atomic E-state index is 0.0134. The largest absolute Gasteiger partial charge is 0.465 e. The molecule has 29 heavy (non-hydrogen) atoms. The predicted molar refractivity (Wildman–Crippen MR) is 119 cm³/mol. The van der Waals surface area contributed by atoms with Crippen LogP contribution in [0.25, 0.3) is 0 Å². The van der Waals surface area contributed by atoms with E-state index < -0.39 is 6.09 Å². The molecule has 1 fully saturated rings. The van der Waals surface area contributed by atoms with Gasteiger partial charge in [-0.15, -0.1) is 0 Å². The fraction of sp³-hybridized carbons (Fsp3) is 0.792. The fourth-order valence-corrected chi connectivity index (χ4v) is 3.62. The van der Waals surface area contributed by atoms with Crippen LogP contribution in [-0.4, -0.2) is 54.1 Å². The van der Waals surface area contributed by atoms with Crippen molar-refractivity contribution in [2.24, 2.45) is 5.41 Å². The molecule has 0 bridgehead atoms. The second-order valence-electron chi connectivity index (χ2n) is 8.43. The van der Waals surface area contributed by atoms with Crippen LogP contribution in [-0.2, 0) is 4.74 Å². The van der Waals surface area contributed by atoms with Gasteiger partial charge in [-0.05, 0) is 38.5 Å². The number of nitrogens with zero attached hydrogens (tertiary/aromatic N) is 1. The molecule has 0 aromatic heterocycles. The van der Waals surface area contributed by atoms with Gasteiger partial charge in [-0.3, -0.25) is 0 Å². The van der Waals surface area contributed by atoms with Gasteiger partial charge in [0.1, 0.15) is 0 Å². The number of ether oxygens (including phenoxy) is 1. The molecule has 5 nitrogen and oxygen atoms in total. The highest BCUT2D eigenvalue weighted by Crippen LogP contribution is 2.30. The molecular weight excluding hydrogens is 366 g/mol. The van der Waals surface area contributed by atoms with Crippen LogP contribution in [0, 0.1) is 5.41 Å². The van der Waals surface area contributed by atoms with Gasteiger partial charge in [0.2, 0.25) is 0 Å². The topological polar surface area (TPSA) is 70.0 Å². The number of carbonyl (C=O) groups is 1. The highest BCUT2D eigenvalue weighted by Gasteiger charge is 2.45. The van der Waals surface area contributed by atoms with Crippen molar-refractivity contribution in [2.45, 2.75) is 84.0 Å². The first-order valence-electron chi connectivity index (χ1n) is 11.6. The van der Waals surface area contributed by atoms with Gasteiger partial charge in [-0.2, -0.15) is 0 Å². The summed E-state index contributed by atoms with van der Waals surface area (Å²) in [6.45, 7) is 4.13. The lowest BCUT2D eigenvalue weighted by molar-refractivity contribution is -0.0825. The van der Waals surface area contributed by atoms with Crippen LogP contribution in [0.5, 0.6) is 0 Å². The number of likely N-dealkylation sites (tertiary alicyclic amines) is 1. The normalized spacial score (nSPS) is 16.0. The maximum atomic E-state index is 10.8. The molecule has 0 aromatic rings. The standard InChI is InChI=1S/C24H43NO4/c1-2-3-4-5-6-7-8-9-10-11-12-13-14-15-16-17-18-29-22-24(21-26)19-25(20-24)23(27)28/h6-7,9-10,26H,2-5,8,11-22H2,1H3,(H,27,28)/b7-6-,10-9-. The third kappa shape index (κ3) is 12.1. The number of rotatable bonds is 18. The summed E-state index contributed by atoms with van der Waals surface area (Å²) in [6.07, 6.45) is 23.0. The second kappa shape index (κ2) is 16.5. The first-order chi connectivity index (χ1) is 14.1. The minimum Gasteiger partial charge on any atom is -0.465 e. The van der Waals surface area contributed by atoms with E-state index in [2.05, 4.69) is 31.2 Å². The SMILES string of the molecule is CCCCC/C=C\C/C=C\CCCCCCCCOCC1(CO)CN(C(=O)O)C1.